The number of H-pyrrole nitrogens is 1. The first-order chi connectivity index (χ1) is 11.8. The van der Waals surface area contributed by atoms with Gasteiger partial charge in [-0.2, -0.15) is 0 Å². The summed E-state index contributed by atoms with van der Waals surface area (Å²) in [6.45, 7) is 2.20. The van der Waals surface area contributed by atoms with Crippen LogP contribution in [0, 0.1) is 5.92 Å². The van der Waals surface area contributed by atoms with Gasteiger partial charge < -0.3 is 10.3 Å². The lowest BCUT2D eigenvalue weighted by atomic mass is 9.94. The zero-order valence-corrected chi connectivity index (χ0v) is 13.6. The first kappa shape index (κ1) is 15.1. The summed E-state index contributed by atoms with van der Waals surface area (Å²) < 4.78 is 0. The highest BCUT2D eigenvalue weighted by molar-refractivity contribution is 6.10. The molecule has 0 atom stereocenters. The fourth-order valence-corrected chi connectivity index (χ4v) is 3.42. The van der Waals surface area contributed by atoms with Crippen molar-refractivity contribution in [2.45, 2.75) is 19.3 Å². The monoisotopic (exact) mass is 319 g/mol. The molecule has 24 heavy (non-hydrogen) atoms. The molecule has 1 aromatic heterocycles. The summed E-state index contributed by atoms with van der Waals surface area (Å²) in [4.78, 5) is 20.7. The van der Waals surface area contributed by atoms with Crippen LogP contribution in [-0.4, -0.2) is 28.8 Å². The van der Waals surface area contributed by atoms with E-state index in [1.165, 1.54) is 12.8 Å². The lowest BCUT2D eigenvalue weighted by molar-refractivity contribution is 0.103. The number of carbonyl (C=O) groups excluding carboxylic acids is 1. The van der Waals surface area contributed by atoms with E-state index >= 15 is 0 Å². The van der Waals surface area contributed by atoms with Gasteiger partial charge in [-0.15, -0.1) is 0 Å². The van der Waals surface area contributed by atoms with E-state index < -0.39 is 0 Å². The molecule has 0 radical (unpaired) electrons. The van der Waals surface area contributed by atoms with Gasteiger partial charge in [0.15, 0.2) is 5.78 Å². The van der Waals surface area contributed by atoms with Crippen molar-refractivity contribution in [2.75, 3.05) is 13.1 Å². The number of hydrogen-bond donors (Lipinski definition) is 2. The summed E-state index contributed by atoms with van der Waals surface area (Å²) >= 11 is 0. The highest BCUT2D eigenvalue weighted by Crippen LogP contribution is 2.21. The normalized spacial score (nSPS) is 15.7. The van der Waals surface area contributed by atoms with Gasteiger partial charge in [-0.25, -0.2) is 4.98 Å². The highest BCUT2D eigenvalue weighted by Gasteiger charge is 2.16. The minimum Gasteiger partial charge on any atom is -0.342 e. The van der Waals surface area contributed by atoms with Gasteiger partial charge in [-0.3, -0.25) is 4.79 Å². The Hall–Kier alpha value is -2.46. The molecule has 0 spiro atoms. The molecular weight excluding hydrogens is 298 g/mol. The molecule has 1 aliphatic rings. The van der Waals surface area contributed by atoms with Crippen LogP contribution in [0.25, 0.3) is 11.0 Å². The molecular formula is C20H21N3O. The number of nitrogens with zero attached hydrogens (tertiary/aromatic N) is 1. The van der Waals surface area contributed by atoms with Crippen molar-refractivity contribution in [3.05, 3.63) is 65.5 Å². The van der Waals surface area contributed by atoms with Gasteiger partial charge in [-0.05, 0) is 50.0 Å². The van der Waals surface area contributed by atoms with Gasteiger partial charge in [0.25, 0.3) is 0 Å². The molecule has 4 nitrogen and oxygen atoms in total. The predicted molar refractivity (Wildman–Crippen MR) is 95.3 cm³/mol. The van der Waals surface area contributed by atoms with Crippen LogP contribution >= 0.6 is 0 Å². The minimum atomic E-state index is 0.0482. The lowest BCUT2D eigenvalue weighted by Crippen LogP contribution is -2.28. The second kappa shape index (κ2) is 6.57. The maximum atomic E-state index is 12.6. The molecule has 2 aromatic carbocycles. The molecule has 1 fully saturated rings. The fourth-order valence-electron chi connectivity index (χ4n) is 3.42. The van der Waals surface area contributed by atoms with Gasteiger partial charge in [0.1, 0.15) is 5.82 Å². The van der Waals surface area contributed by atoms with Crippen LogP contribution in [0.1, 0.15) is 34.6 Å². The maximum absolute atomic E-state index is 12.6. The lowest BCUT2D eigenvalue weighted by Gasteiger charge is -2.21. The Morgan fingerprint density at radius 3 is 2.62 bits per heavy atom. The van der Waals surface area contributed by atoms with E-state index in [4.69, 9.17) is 4.98 Å². The fraction of sp³-hybridized carbons (Fsp3) is 0.300. The van der Waals surface area contributed by atoms with Crippen molar-refractivity contribution < 1.29 is 4.79 Å². The number of nitrogens with one attached hydrogen (secondary N) is 2. The number of aromatic amines is 1. The van der Waals surface area contributed by atoms with E-state index in [1.54, 1.807) is 0 Å². The Balaban J connectivity index is 1.58. The second-order valence-corrected chi connectivity index (χ2v) is 6.51. The minimum absolute atomic E-state index is 0.0482. The molecule has 2 N–H and O–H groups in total. The number of aromatic nitrogens is 2. The summed E-state index contributed by atoms with van der Waals surface area (Å²) in [7, 11) is 0. The third kappa shape index (κ3) is 3.10. The molecule has 4 rings (SSSR count). The average Bonchev–Trinajstić information content (AvgIpc) is 3.04. The SMILES string of the molecule is O=C(c1ccccc1)c1ccc2nc(CC3CCNCC3)[nH]c2c1. The zero-order valence-electron chi connectivity index (χ0n) is 13.6. The van der Waals surface area contributed by atoms with Crippen LogP contribution < -0.4 is 5.32 Å². The number of hydrogen-bond acceptors (Lipinski definition) is 3. The van der Waals surface area contributed by atoms with Crippen molar-refractivity contribution in [1.29, 1.82) is 0 Å². The van der Waals surface area contributed by atoms with E-state index in [1.807, 2.05) is 48.5 Å². The van der Waals surface area contributed by atoms with E-state index in [9.17, 15) is 4.79 Å². The van der Waals surface area contributed by atoms with Crippen LogP contribution in [0.3, 0.4) is 0 Å². The first-order valence-electron chi connectivity index (χ1n) is 8.59. The molecule has 0 amide bonds. The van der Waals surface area contributed by atoms with Gasteiger partial charge in [0.05, 0.1) is 11.0 Å². The number of imidazole rings is 1. The van der Waals surface area contributed by atoms with Crippen LogP contribution in [0.4, 0.5) is 0 Å². The van der Waals surface area contributed by atoms with Gasteiger partial charge in [-0.1, -0.05) is 30.3 Å². The number of piperidine rings is 1. The van der Waals surface area contributed by atoms with Gasteiger partial charge in [0.2, 0.25) is 0 Å². The summed E-state index contributed by atoms with van der Waals surface area (Å²) in [6.07, 6.45) is 3.39. The van der Waals surface area contributed by atoms with Gasteiger partial charge >= 0.3 is 0 Å². The largest absolute Gasteiger partial charge is 0.342 e. The molecule has 3 aromatic rings. The van der Waals surface area contributed by atoms with Crippen molar-refractivity contribution in [3.8, 4) is 0 Å². The van der Waals surface area contributed by atoms with Gasteiger partial charge in [0, 0.05) is 17.5 Å². The average molecular weight is 319 g/mol. The molecule has 0 aliphatic carbocycles. The third-order valence-corrected chi connectivity index (χ3v) is 4.77. The van der Waals surface area contributed by atoms with Crippen LogP contribution in [0.2, 0.25) is 0 Å². The smallest absolute Gasteiger partial charge is 0.193 e. The Bertz CT molecular complexity index is 848. The van der Waals surface area contributed by atoms with Crippen LogP contribution in [0.5, 0.6) is 0 Å². The Kier molecular flexibility index (Phi) is 4.13. The number of fused-ring (bicyclic) bond motifs is 1. The Morgan fingerprint density at radius 1 is 1.04 bits per heavy atom. The Labute approximate surface area is 141 Å². The Morgan fingerprint density at radius 2 is 1.83 bits per heavy atom. The zero-order chi connectivity index (χ0) is 16.4. The number of ketones is 1. The van der Waals surface area contributed by atoms with Crippen molar-refractivity contribution in [1.82, 2.24) is 15.3 Å². The molecule has 2 heterocycles. The second-order valence-electron chi connectivity index (χ2n) is 6.51. The first-order valence-corrected chi connectivity index (χ1v) is 8.59. The molecule has 0 unspecified atom stereocenters. The van der Waals surface area contributed by atoms with Crippen molar-refractivity contribution in [3.63, 3.8) is 0 Å². The van der Waals surface area contributed by atoms with E-state index in [0.717, 1.165) is 36.4 Å². The van der Waals surface area contributed by atoms with Crippen LogP contribution in [0.15, 0.2) is 48.5 Å². The molecule has 0 saturated carbocycles. The maximum Gasteiger partial charge on any atom is 0.193 e. The summed E-state index contributed by atoms with van der Waals surface area (Å²) in [6, 6.07) is 15.1. The predicted octanol–water partition coefficient (Wildman–Crippen LogP) is 3.34. The quantitative estimate of drug-likeness (QED) is 0.725. The number of carbonyl (C=O) groups is 1. The summed E-state index contributed by atoms with van der Waals surface area (Å²) in [5.41, 5.74) is 3.29. The number of rotatable bonds is 4. The molecule has 122 valence electrons. The van der Waals surface area contributed by atoms with E-state index in [-0.39, 0.29) is 5.78 Å². The van der Waals surface area contributed by atoms with Crippen molar-refractivity contribution in [2.24, 2.45) is 5.92 Å². The standard InChI is InChI=1S/C20H21N3O/c24-20(15-4-2-1-3-5-15)16-6-7-17-18(13-16)23-19(22-17)12-14-8-10-21-11-9-14/h1-7,13-14,21H,8-12H2,(H,22,23). The third-order valence-electron chi connectivity index (χ3n) is 4.77. The molecule has 4 heteroatoms. The van der Waals surface area contributed by atoms with Crippen LogP contribution in [-0.2, 0) is 6.42 Å². The van der Waals surface area contributed by atoms with Crippen molar-refractivity contribution >= 4 is 16.8 Å². The van der Waals surface area contributed by atoms with E-state index in [2.05, 4.69) is 10.3 Å². The topological polar surface area (TPSA) is 57.8 Å². The summed E-state index contributed by atoms with van der Waals surface area (Å²) in [5, 5.41) is 3.39. The summed E-state index contributed by atoms with van der Waals surface area (Å²) in [5.74, 6) is 1.77. The molecule has 0 bridgehead atoms. The highest BCUT2D eigenvalue weighted by atomic mass is 16.1. The number of benzene rings is 2. The molecule has 1 aliphatic heterocycles. The molecule has 1 saturated heterocycles. The van der Waals surface area contributed by atoms with E-state index in [0.29, 0.717) is 17.0 Å².